The molecule has 1 heterocycles. The molecule has 2 N–H and O–H groups in total. The summed E-state index contributed by atoms with van der Waals surface area (Å²) in [7, 11) is 0. The van der Waals surface area contributed by atoms with E-state index in [1.165, 1.54) is 12.1 Å². The highest BCUT2D eigenvalue weighted by molar-refractivity contribution is 6.39. The third-order valence-electron chi connectivity index (χ3n) is 3.61. The van der Waals surface area contributed by atoms with Gasteiger partial charge in [-0.3, -0.25) is 9.80 Å². The van der Waals surface area contributed by atoms with Gasteiger partial charge in [0.2, 0.25) is 0 Å². The Bertz CT molecular complexity index is 792. The Balaban J connectivity index is 2.04. The third-order valence-corrected chi connectivity index (χ3v) is 4.14. The molecule has 0 saturated carbocycles. The van der Waals surface area contributed by atoms with Crippen LogP contribution in [0.25, 0.3) is 0 Å². The fourth-order valence-corrected chi connectivity index (χ4v) is 2.99. The normalized spacial score (nSPS) is 17.3. The van der Waals surface area contributed by atoms with Gasteiger partial charge in [-0.25, -0.2) is 4.39 Å². The number of nitrogens with zero attached hydrogens (tertiary/aromatic N) is 2. The summed E-state index contributed by atoms with van der Waals surface area (Å²) in [5, 5.41) is 6.80. The Morgan fingerprint density at radius 3 is 2.52 bits per heavy atom. The van der Waals surface area contributed by atoms with Gasteiger partial charge in [0.05, 0.1) is 16.8 Å². The minimum Gasteiger partial charge on any atom is -0.364 e. The number of rotatable bonds is 3. The first-order chi connectivity index (χ1) is 11.0. The van der Waals surface area contributed by atoms with Crippen LogP contribution >= 0.6 is 23.2 Å². The molecule has 1 atom stereocenters. The molecule has 7 heteroatoms. The zero-order valence-corrected chi connectivity index (χ0v) is 13.4. The van der Waals surface area contributed by atoms with E-state index in [2.05, 4.69) is 5.10 Å². The molecular weight excluding hydrogens is 340 g/mol. The summed E-state index contributed by atoms with van der Waals surface area (Å²) in [4.78, 5) is 11.5. The molecule has 1 unspecified atom stereocenters. The highest BCUT2D eigenvalue weighted by Gasteiger charge is 2.32. The molecule has 0 bridgehead atoms. The van der Waals surface area contributed by atoms with E-state index in [9.17, 15) is 9.18 Å². The van der Waals surface area contributed by atoms with Crippen molar-refractivity contribution < 1.29 is 9.18 Å². The number of amides is 1. The number of primary amides is 1. The number of nitrogens with two attached hydrogens (primary N) is 1. The molecule has 0 spiro atoms. The molecule has 0 saturated heterocycles. The number of carbonyl (C=O) groups excluding carboxylic acids is 1. The fourth-order valence-electron chi connectivity index (χ4n) is 2.49. The van der Waals surface area contributed by atoms with E-state index >= 15 is 0 Å². The quantitative estimate of drug-likeness (QED) is 0.910. The zero-order chi connectivity index (χ0) is 16.6. The minimum atomic E-state index is -0.593. The first-order valence-electron chi connectivity index (χ1n) is 6.83. The maximum Gasteiger partial charge on any atom is 0.265 e. The van der Waals surface area contributed by atoms with E-state index in [1.807, 2.05) is 0 Å². The zero-order valence-electron chi connectivity index (χ0n) is 11.8. The van der Waals surface area contributed by atoms with Gasteiger partial charge in [0, 0.05) is 11.4 Å². The first-order valence-corrected chi connectivity index (χ1v) is 7.58. The van der Waals surface area contributed by atoms with Gasteiger partial charge in [-0.15, -0.1) is 0 Å². The van der Waals surface area contributed by atoms with Crippen molar-refractivity contribution in [2.75, 3.05) is 5.01 Å². The highest BCUT2D eigenvalue weighted by atomic mass is 35.5. The van der Waals surface area contributed by atoms with Gasteiger partial charge in [0.15, 0.2) is 0 Å². The van der Waals surface area contributed by atoms with Crippen molar-refractivity contribution >= 4 is 40.5 Å². The van der Waals surface area contributed by atoms with E-state index < -0.39 is 5.91 Å². The molecule has 1 amide bonds. The number of anilines is 1. The van der Waals surface area contributed by atoms with Crippen molar-refractivity contribution in [3.8, 4) is 0 Å². The predicted molar refractivity (Wildman–Crippen MR) is 89.3 cm³/mol. The van der Waals surface area contributed by atoms with Crippen molar-refractivity contribution in [2.24, 2.45) is 10.8 Å². The molecule has 0 aliphatic carbocycles. The Hall–Kier alpha value is -2.11. The largest absolute Gasteiger partial charge is 0.364 e. The van der Waals surface area contributed by atoms with E-state index in [0.717, 1.165) is 5.56 Å². The van der Waals surface area contributed by atoms with Gasteiger partial charge in [-0.1, -0.05) is 35.3 Å². The van der Waals surface area contributed by atoms with Crippen LogP contribution < -0.4 is 10.7 Å². The van der Waals surface area contributed by atoms with Crippen LogP contribution in [-0.4, -0.2) is 11.6 Å². The Morgan fingerprint density at radius 2 is 1.91 bits per heavy atom. The molecule has 3 rings (SSSR count). The molecule has 0 radical (unpaired) electrons. The van der Waals surface area contributed by atoms with Crippen molar-refractivity contribution in [1.29, 1.82) is 0 Å². The van der Waals surface area contributed by atoms with E-state index in [-0.39, 0.29) is 17.6 Å². The summed E-state index contributed by atoms with van der Waals surface area (Å²) in [6.07, 6.45) is 0.319. The van der Waals surface area contributed by atoms with Crippen molar-refractivity contribution in [3.05, 3.63) is 63.9 Å². The second kappa shape index (κ2) is 6.18. The molecule has 1 aliphatic rings. The first kappa shape index (κ1) is 15.8. The van der Waals surface area contributed by atoms with Gasteiger partial charge in [-0.05, 0) is 35.9 Å². The van der Waals surface area contributed by atoms with Gasteiger partial charge in [-0.2, -0.15) is 5.10 Å². The van der Waals surface area contributed by atoms with Gasteiger partial charge in [0.1, 0.15) is 11.5 Å². The molecule has 1 aliphatic heterocycles. The third kappa shape index (κ3) is 3.16. The minimum absolute atomic E-state index is 0.241. The predicted octanol–water partition coefficient (Wildman–Crippen LogP) is 3.93. The lowest BCUT2D eigenvalue weighted by Gasteiger charge is -2.25. The maximum absolute atomic E-state index is 13.2. The van der Waals surface area contributed by atoms with Crippen LogP contribution in [0.3, 0.4) is 0 Å². The van der Waals surface area contributed by atoms with Crippen LogP contribution in [0.1, 0.15) is 18.0 Å². The Labute approximate surface area is 142 Å². The topological polar surface area (TPSA) is 58.7 Å². The summed E-state index contributed by atoms with van der Waals surface area (Å²) in [6.45, 7) is 0. The van der Waals surface area contributed by atoms with E-state index in [4.69, 9.17) is 28.9 Å². The second-order valence-corrected chi connectivity index (χ2v) is 5.97. The number of hydrogen-bond donors (Lipinski definition) is 1. The van der Waals surface area contributed by atoms with Crippen LogP contribution in [0.2, 0.25) is 10.0 Å². The Morgan fingerprint density at radius 1 is 1.22 bits per heavy atom. The summed E-state index contributed by atoms with van der Waals surface area (Å²) in [5.74, 6) is -0.927. The van der Waals surface area contributed by atoms with Gasteiger partial charge < -0.3 is 5.73 Å². The number of carbonyl (C=O) groups is 1. The maximum atomic E-state index is 13.2. The molecular formula is C16H12Cl2FN3O. The number of benzene rings is 2. The van der Waals surface area contributed by atoms with E-state index in [0.29, 0.717) is 22.2 Å². The van der Waals surface area contributed by atoms with E-state index in [1.54, 1.807) is 35.3 Å². The van der Waals surface area contributed by atoms with Crippen LogP contribution in [0.15, 0.2) is 47.6 Å². The molecule has 4 nitrogen and oxygen atoms in total. The van der Waals surface area contributed by atoms with Crippen LogP contribution in [0.4, 0.5) is 10.1 Å². The summed E-state index contributed by atoms with van der Waals surface area (Å²) < 4.78 is 13.2. The molecule has 118 valence electrons. The second-order valence-electron chi connectivity index (χ2n) is 5.12. The summed E-state index contributed by atoms with van der Waals surface area (Å²) >= 11 is 12.2. The summed E-state index contributed by atoms with van der Waals surface area (Å²) in [6, 6.07) is 10.7. The standard InChI is InChI=1S/C16H12Cl2FN3O/c17-10-3-6-14(12(18)7-10)22-15(8-13(21-22)16(20)23)9-1-4-11(19)5-2-9/h1-7,15H,8H2,(H2,20,23). The van der Waals surface area contributed by atoms with Crippen molar-refractivity contribution in [2.45, 2.75) is 12.5 Å². The average Bonchev–Trinajstić information content (AvgIpc) is 2.93. The van der Waals surface area contributed by atoms with Crippen molar-refractivity contribution in [3.63, 3.8) is 0 Å². The van der Waals surface area contributed by atoms with Gasteiger partial charge in [0.25, 0.3) is 5.91 Å². The molecule has 23 heavy (non-hydrogen) atoms. The lowest BCUT2D eigenvalue weighted by Crippen LogP contribution is -2.22. The highest BCUT2D eigenvalue weighted by Crippen LogP contribution is 2.39. The monoisotopic (exact) mass is 351 g/mol. The lowest BCUT2D eigenvalue weighted by atomic mass is 10.0. The van der Waals surface area contributed by atoms with Crippen molar-refractivity contribution in [1.82, 2.24) is 0 Å². The summed E-state index contributed by atoms with van der Waals surface area (Å²) in [5.41, 5.74) is 7.00. The fraction of sp³-hybridized carbons (Fsp3) is 0.125. The molecule has 2 aromatic carbocycles. The van der Waals surface area contributed by atoms with Crippen LogP contribution in [-0.2, 0) is 4.79 Å². The number of hydrogen-bond acceptors (Lipinski definition) is 3. The number of hydrazone groups is 1. The SMILES string of the molecule is NC(=O)C1=NN(c2ccc(Cl)cc2Cl)C(c2ccc(F)cc2)C1. The lowest BCUT2D eigenvalue weighted by molar-refractivity contribution is -0.112. The molecule has 0 fully saturated rings. The van der Waals surface area contributed by atoms with Crippen LogP contribution in [0.5, 0.6) is 0 Å². The smallest absolute Gasteiger partial charge is 0.265 e. The number of halogens is 3. The van der Waals surface area contributed by atoms with Gasteiger partial charge >= 0.3 is 0 Å². The van der Waals surface area contributed by atoms with Crippen LogP contribution in [0, 0.1) is 5.82 Å². The molecule has 0 aromatic heterocycles. The molecule has 2 aromatic rings. The average molecular weight is 352 g/mol. The Kier molecular flexibility index (Phi) is 4.24.